The Morgan fingerprint density at radius 2 is 2.04 bits per heavy atom. The SMILES string of the molecule is CCC1(CO)CCN(C(=O)c2ccc3nc(Cl)ccc3c2)CC1. The monoisotopic (exact) mass is 332 g/mol. The molecule has 1 aromatic carbocycles. The van der Waals surface area contributed by atoms with Crippen LogP contribution < -0.4 is 0 Å². The zero-order chi connectivity index (χ0) is 16.4. The summed E-state index contributed by atoms with van der Waals surface area (Å²) in [7, 11) is 0. The van der Waals surface area contributed by atoms with Crippen molar-refractivity contribution in [2.24, 2.45) is 5.41 Å². The molecule has 1 saturated heterocycles. The summed E-state index contributed by atoms with van der Waals surface area (Å²) < 4.78 is 0. The second-order valence-corrected chi connectivity index (χ2v) is 6.73. The van der Waals surface area contributed by atoms with E-state index < -0.39 is 0 Å². The van der Waals surface area contributed by atoms with E-state index in [-0.39, 0.29) is 17.9 Å². The molecule has 1 aromatic heterocycles. The van der Waals surface area contributed by atoms with Crippen LogP contribution in [0.2, 0.25) is 5.15 Å². The first-order valence-corrected chi connectivity index (χ1v) is 8.41. The van der Waals surface area contributed by atoms with Crippen LogP contribution in [0, 0.1) is 5.41 Å². The van der Waals surface area contributed by atoms with Gasteiger partial charge < -0.3 is 10.0 Å². The summed E-state index contributed by atoms with van der Waals surface area (Å²) in [5.41, 5.74) is 1.45. The van der Waals surface area contributed by atoms with Gasteiger partial charge in [0.1, 0.15) is 5.15 Å². The molecule has 0 atom stereocenters. The van der Waals surface area contributed by atoms with Crippen molar-refractivity contribution in [2.75, 3.05) is 19.7 Å². The Hall–Kier alpha value is -1.65. The molecule has 122 valence electrons. The Morgan fingerprint density at radius 3 is 2.70 bits per heavy atom. The van der Waals surface area contributed by atoms with E-state index in [2.05, 4.69) is 11.9 Å². The maximum atomic E-state index is 12.7. The molecule has 0 unspecified atom stereocenters. The lowest BCUT2D eigenvalue weighted by Crippen LogP contribution is -2.44. The molecule has 0 saturated carbocycles. The Kier molecular flexibility index (Phi) is 4.55. The number of likely N-dealkylation sites (tertiary alicyclic amines) is 1. The summed E-state index contributed by atoms with van der Waals surface area (Å²) in [5, 5.41) is 11.0. The molecule has 4 nitrogen and oxygen atoms in total. The van der Waals surface area contributed by atoms with E-state index in [0.717, 1.165) is 30.2 Å². The number of hydrogen-bond acceptors (Lipinski definition) is 3. The highest BCUT2D eigenvalue weighted by molar-refractivity contribution is 6.29. The lowest BCUT2D eigenvalue weighted by atomic mass is 9.77. The van der Waals surface area contributed by atoms with Gasteiger partial charge in [0.15, 0.2) is 0 Å². The largest absolute Gasteiger partial charge is 0.396 e. The normalized spacial score (nSPS) is 17.4. The molecule has 1 N–H and O–H groups in total. The molecule has 0 radical (unpaired) electrons. The number of benzene rings is 1. The van der Waals surface area contributed by atoms with Crippen LogP contribution in [0.3, 0.4) is 0 Å². The summed E-state index contributed by atoms with van der Waals surface area (Å²) in [4.78, 5) is 18.8. The van der Waals surface area contributed by atoms with Crippen LogP contribution in [0.5, 0.6) is 0 Å². The topological polar surface area (TPSA) is 53.4 Å². The third-order valence-electron chi connectivity index (χ3n) is 5.10. The van der Waals surface area contributed by atoms with Crippen molar-refractivity contribution < 1.29 is 9.90 Å². The van der Waals surface area contributed by atoms with Gasteiger partial charge in [-0.1, -0.05) is 18.5 Å². The van der Waals surface area contributed by atoms with Crippen molar-refractivity contribution in [3.05, 3.63) is 41.0 Å². The molecule has 2 aromatic rings. The molecule has 1 aliphatic rings. The first kappa shape index (κ1) is 16.2. The standard InChI is InChI=1S/C18H21ClN2O2/c1-2-18(12-22)7-9-21(10-8-18)17(23)14-3-5-15-13(11-14)4-6-16(19)20-15/h3-6,11,22H,2,7-10,12H2,1H3. The number of carbonyl (C=O) groups is 1. The lowest BCUT2D eigenvalue weighted by molar-refractivity contribution is 0.0338. The maximum absolute atomic E-state index is 12.7. The van der Waals surface area contributed by atoms with Gasteiger partial charge in [-0.25, -0.2) is 4.98 Å². The molecule has 5 heteroatoms. The number of pyridine rings is 1. The van der Waals surface area contributed by atoms with Crippen molar-refractivity contribution in [1.29, 1.82) is 0 Å². The van der Waals surface area contributed by atoms with Crippen molar-refractivity contribution in [2.45, 2.75) is 26.2 Å². The minimum absolute atomic E-state index is 0.0131. The molecule has 1 aliphatic heterocycles. The zero-order valence-electron chi connectivity index (χ0n) is 13.3. The number of piperidine rings is 1. The summed E-state index contributed by atoms with van der Waals surface area (Å²) in [6.07, 6.45) is 2.67. The van der Waals surface area contributed by atoms with E-state index in [9.17, 15) is 9.90 Å². The zero-order valence-corrected chi connectivity index (χ0v) is 14.0. The van der Waals surface area contributed by atoms with E-state index in [1.54, 1.807) is 6.07 Å². The van der Waals surface area contributed by atoms with Crippen LogP contribution in [0.15, 0.2) is 30.3 Å². The van der Waals surface area contributed by atoms with E-state index in [1.165, 1.54) is 0 Å². The van der Waals surface area contributed by atoms with Crippen LogP contribution >= 0.6 is 11.6 Å². The van der Waals surface area contributed by atoms with Crippen LogP contribution in [0.1, 0.15) is 36.5 Å². The number of amides is 1. The van der Waals surface area contributed by atoms with Crippen LogP contribution in [-0.2, 0) is 0 Å². The number of aromatic nitrogens is 1. The van der Waals surface area contributed by atoms with Crippen LogP contribution in [-0.4, -0.2) is 40.6 Å². The molecule has 23 heavy (non-hydrogen) atoms. The fraction of sp³-hybridized carbons (Fsp3) is 0.444. The molecular formula is C18H21ClN2O2. The number of rotatable bonds is 3. The van der Waals surface area contributed by atoms with Gasteiger partial charge >= 0.3 is 0 Å². The van der Waals surface area contributed by atoms with Gasteiger partial charge in [-0.3, -0.25) is 4.79 Å². The minimum Gasteiger partial charge on any atom is -0.396 e. The average Bonchev–Trinajstić information content (AvgIpc) is 2.60. The highest BCUT2D eigenvalue weighted by atomic mass is 35.5. The highest BCUT2D eigenvalue weighted by Crippen LogP contribution is 2.34. The van der Waals surface area contributed by atoms with Gasteiger partial charge in [-0.05, 0) is 55.0 Å². The lowest BCUT2D eigenvalue weighted by Gasteiger charge is -2.40. The number of fused-ring (bicyclic) bond motifs is 1. The van der Waals surface area contributed by atoms with E-state index in [4.69, 9.17) is 11.6 Å². The van der Waals surface area contributed by atoms with Crippen molar-refractivity contribution in [1.82, 2.24) is 9.88 Å². The van der Waals surface area contributed by atoms with Gasteiger partial charge in [0.2, 0.25) is 0 Å². The Balaban J connectivity index is 1.77. The molecule has 0 spiro atoms. The summed E-state index contributed by atoms with van der Waals surface area (Å²) >= 11 is 5.89. The summed E-state index contributed by atoms with van der Waals surface area (Å²) in [6.45, 7) is 3.71. The van der Waals surface area contributed by atoms with E-state index in [1.807, 2.05) is 29.2 Å². The van der Waals surface area contributed by atoms with Crippen molar-refractivity contribution in [3.63, 3.8) is 0 Å². The summed E-state index contributed by atoms with van der Waals surface area (Å²) in [5.74, 6) is 0.0458. The number of halogens is 1. The number of aliphatic hydroxyl groups is 1. The molecular weight excluding hydrogens is 312 g/mol. The first-order valence-electron chi connectivity index (χ1n) is 8.03. The molecule has 2 heterocycles. The second kappa shape index (κ2) is 6.46. The fourth-order valence-corrected chi connectivity index (χ4v) is 3.38. The third-order valence-corrected chi connectivity index (χ3v) is 5.31. The minimum atomic E-state index is -0.0131. The Labute approximate surface area is 141 Å². The molecule has 0 bridgehead atoms. The van der Waals surface area contributed by atoms with Crippen molar-refractivity contribution in [3.8, 4) is 0 Å². The Bertz CT molecular complexity index is 718. The predicted octanol–water partition coefficient (Wildman–Crippen LogP) is 3.51. The van der Waals surface area contributed by atoms with E-state index in [0.29, 0.717) is 23.8 Å². The Morgan fingerprint density at radius 1 is 1.30 bits per heavy atom. The van der Waals surface area contributed by atoms with Gasteiger partial charge in [-0.15, -0.1) is 0 Å². The van der Waals surface area contributed by atoms with E-state index >= 15 is 0 Å². The average molecular weight is 333 g/mol. The quantitative estimate of drug-likeness (QED) is 0.875. The van der Waals surface area contributed by atoms with Gasteiger partial charge in [0.05, 0.1) is 5.52 Å². The third kappa shape index (κ3) is 3.19. The first-order chi connectivity index (χ1) is 11.1. The van der Waals surface area contributed by atoms with Crippen LogP contribution in [0.4, 0.5) is 0 Å². The number of aliphatic hydroxyl groups excluding tert-OH is 1. The van der Waals surface area contributed by atoms with Crippen molar-refractivity contribution >= 4 is 28.4 Å². The van der Waals surface area contributed by atoms with Gasteiger partial charge in [-0.2, -0.15) is 0 Å². The number of hydrogen-bond donors (Lipinski definition) is 1. The smallest absolute Gasteiger partial charge is 0.253 e. The molecule has 3 rings (SSSR count). The summed E-state index contributed by atoms with van der Waals surface area (Å²) in [6, 6.07) is 9.13. The predicted molar refractivity (Wildman–Crippen MR) is 91.7 cm³/mol. The highest BCUT2D eigenvalue weighted by Gasteiger charge is 2.34. The molecule has 1 amide bonds. The number of nitrogens with zero attached hydrogens (tertiary/aromatic N) is 2. The van der Waals surface area contributed by atoms with Crippen LogP contribution in [0.25, 0.3) is 10.9 Å². The molecule has 0 aliphatic carbocycles. The maximum Gasteiger partial charge on any atom is 0.253 e. The van der Waals surface area contributed by atoms with Gasteiger partial charge in [0.25, 0.3) is 5.91 Å². The number of carbonyl (C=O) groups excluding carboxylic acids is 1. The molecule has 1 fully saturated rings. The fourth-order valence-electron chi connectivity index (χ4n) is 3.22. The van der Waals surface area contributed by atoms with Gasteiger partial charge in [0, 0.05) is 30.6 Å². The second-order valence-electron chi connectivity index (χ2n) is 6.35.